The van der Waals surface area contributed by atoms with Gasteiger partial charge in [-0.2, -0.15) is 4.98 Å². The first-order valence-corrected chi connectivity index (χ1v) is 6.11. The second-order valence-electron chi connectivity index (χ2n) is 4.78. The molecule has 2 heterocycles. The molecule has 0 aliphatic rings. The van der Waals surface area contributed by atoms with Crippen LogP contribution in [0.2, 0.25) is 0 Å². The molecule has 0 fully saturated rings. The fourth-order valence-electron chi connectivity index (χ4n) is 2.26. The van der Waals surface area contributed by atoms with Crippen molar-refractivity contribution < 1.29 is 0 Å². The smallest absolute Gasteiger partial charge is 0.222 e. The third-order valence-corrected chi connectivity index (χ3v) is 3.40. The van der Waals surface area contributed by atoms with Gasteiger partial charge in [-0.25, -0.2) is 9.97 Å². The Balaban J connectivity index is 2.35. The number of aromatic nitrogens is 4. The number of hydrogen-bond acceptors (Lipinski definition) is 4. The molecule has 3 N–H and O–H groups in total. The molecule has 0 spiro atoms. The van der Waals surface area contributed by atoms with Crippen molar-refractivity contribution in [2.24, 2.45) is 0 Å². The average Bonchev–Trinajstić information content (AvgIpc) is 2.80. The van der Waals surface area contributed by atoms with E-state index in [1.165, 1.54) is 11.1 Å². The van der Waals surface area contributed by atoms with Gasteiger partial charge in [0, 0.05) is 5.56 Å². The quantitative estimate of drug-likeness (QED) is 0.698. The molecule has 0 aliphatic carbocycles. The predicted molar refractivity (Wildman–Crippen MR) is 75.7 cm³/mol. The second kappa shape index (κ2) is 4.05. The molecule has 3 aromatic rings. The molecular formula is C14H15N5. The molecule has 5 heteroatoms. The Morgan fingerprint density at radius 1 is 1.00 bits per heavy atom. The van der Waals surface area contributed by atoms with Gasteiger partial charge < -0.3 is 10.7 Å². The van der Waals surface area contributed by atoms with E-state index in [0.717, 1.165) is 22.3 Å². The van der Waals surface area contributed by atoms with Crippen LogP contribution >= 0.6 is 0 Å². The van der Waals surface area contributed by atoms with Crippen LogP contribution in [0.15, 0.2) is 18.5 Å². The number of hydrogen-bond donors (Lipinski definition) is 2. The summed E-state index contributed by atoms with van der Waals surface area (Å²) < 4.78 is 0. The van der Waals surface area contributed by atoms with E-state index >= 15 is 0 Å². The van der Waals surface area contributed by atoms with Gasteiger partial charge >= 0.3 is 0 Å². The van der Waals surface area contributed by atoms with Crippen molar-refractivity contribution in [3.8, 4) is 11.3 Å². The number of aryl methyl sites for hydroxylation is 3. The highest BCUT2D eigenvalue weighted by atomic mass is 15.1. The lowest BCUT2D eigenvalue weighted by Gasteiger charge is -2.10. The Hall–Kier alpha value is -2.43. The maximum atomic E-state index is 5.76. The first kappa shape index (κ1) is 11.6. The minimum absolute atomic E-state index is 0.243. The summed E-state index contributed by atoms with van der Waals surface area (Å²) in [5.41, 5.74) is 12.7. The minimum Gasteiger partial charge on any atom is -0.368 e. The van der Waals surface area contributed by atoms with Gasteiger partial charge in [0.25, 0.3) is 0 Å². The monoisotopic (exact) mass is 253 g/mol. The van der Waals surface area contributed by atoms with E-state index in [1.807, 2.05) is 0 Å². The zero-order valence-corrected chi connectivity index (χ0v) is 11.2. The van der Waals surface area contributed by atoms with E-state index in [1.54, 1.807) is 6.33 Å². The van der Waals surface area contributed by atoms with E-state index in [4.69, 9.17) is 5.73 Å². The number of rotatable bonds is 1. The summed E-state index contributed by atoms with van der Waals surface area (Å²) in [6.45, 7) is 6.27. The maximum absolute atomic E-state index is 5.76. The predicted octanol–water partition coefficient (Wildman–Crippen LogP) is 2.53. The number of nitrogen functional groups attached to an aromatic ring is 1. The summed E-state index contributed by atoms with van der Waals surface area (Å²) in [4.78, 5) is 15.7. The van der Waals surface area contributed by atoms with Gasteiger partial charge in [0.2, 0.25) is 5.95 Å². The molecule has 5 nitrogen and oxygen atoms in total. The van der Waals surface area contributed by atoms with E-state index in [2.05, 4.69) is 52.8 Å². The van der Waals surface area contributed by atoms with Crippen molar-refractivity contribution in [3.63, 3.8) is 0 Å². The number of nitrogens with zero attached hydrogens (tertiary/aromatic N) is 3. The van der Waals surface area contributed by atoms with E-state index in [0.29, 0.717) is 5.65 Å². The Kier molecular flexibility index (Phi) is 2.48. The van der Waals surface area contributed by atoms with Gasteiger partial charge in [0.1, 0.15) is 11.2 Å². The summed E-state index contributed by atoms with van der Waals surface area (Å²) in [6, 6.07) is 4.29. The number of nitrogens with one attached hydrogen (secondary N) is 1. The lowest BCUT2D eigenvalue weighted by molar-refractivity contribution is 1.21. The Bertz CT molecular complexity index is 773. The Morgan fingerprint density at radius 2 is 1.74 bits per heavy atom. The van der Waals surface area contributed by atoms with E-state index in [-0.39, 0.29) is 5.95 Å². The zero-order chi connectivity index (χ0) is 13.6. The van der Waals surface area contributed by atoms with Crippen molar-refractivity contribution in [3.05, 3.63) is 35.2 Å². The first-order chi connectivity index (χ1) is 9.06. The molecular weight excluding hydrogens is 238 g/mol. The number of anilines is 1. The average molecular weight is 253 g/mol. The molecule has 19 heavy (non-hydrogen) atoms. The Morgan fingerprint density at radius 3 is 2.53 bits per heavy atom. The highest BCUT2D eigenvalue weighted by Crippen LogP contribution is 2.29. The van der Waals surface area contributed by atoms with Crippen LogP contribution in [0.1, 0.15) is 16.7 Å². The SMILES string of the molecule is Cc1cc(C)c(-c2nc(N)nc3nc[nH]c23)cc1C. The number of H-pyrrole nitrogens is 1. The van der Waals surface area contributed by atoms with Crippen molar-refractivity contribution in [2.45, 2.75) is 20.8 Å². The van der Waals surface area contributed by atoms with Crippen LogP contribution in [0.5, 0.6) is 0 Å². The maximum Gasteiger partial charge on any atom is 0.222 e. The molecule has 0 saturated heterocycles. The van der Waals surface area contributed by atoms with Gasteiger partial charge in [-0.3, -0.25) is 0 Å². The molecule has 2 aromatic heterocycles. The summed E-state index contributed by atoms with van der Waals surface area (Å²) >= 11 is 0. The fourth-order valence-corrected chi connectivity index (χ4v) is 2.26. The van der Waals surface area contributed by atoms with Crippen LogP contribution in [-0.4, -0.2) is 19.9 Å². The molecule has 0 aliphatic heterocycles. The van der Waals surface area contributed by atoms with Gasteiger partial charge in [0.15, 0.2) is 5.65 Å². The summed E-state index contributed by atoms with van der Waals surface area (Å²) in [5, 5.41) is 0. The Labute approximate surface area is 110 Å². The molecule has 0 radical (unpaired) electrons. The molecule has 0 bridgehead atoms. The number of fused-ring (bicyclic) bond motifs is 1. The lowest BCUT2D eigenvalue weighted by Crippen LogP contribution is -1.99. The van der Waals surface area contributed by atoms with Gasteiger partial charge in [-0.15, -0.1) is 0 Å². The van der Waals surface area contributed by atoms with Crippen LogP contribution < -0.4 is 5.73 Å². The highest BCUT2D eigenvalue weighted by molar-refractivity contribution is 5.89. The lowest BCUT2D eigenvalue weighted by atomic mass is 9.98. The molecule has 1 aromatic carbocycles. The third kappa shape index (κ3) is 1.83. The fraction of sp³-hybridized carbons (Fsp3) is 0.214. The molecule has 0 amide bonds. The molecule has 96 valence electrons. The summed E-state index contributed by atoms with van der Waals surface area (Å²) in [6.07, 6.45) is 1.61. The highest BCUT2D eigenvalue weighted by Gasteiger charge is 2.13. The van der Waals surface area contributed by atoms with E-state index < -0.39 is 0 Å². The standard InChI is InChI=1S/C14H15N5/c1-7-4-9(3)10(5-8(7)2)11-12-13(17-6-16-12)19-14(15)18-11/h4-6H,1-3H3,(H3,15,16,17,18,19). The zero-order valence-electron chi connectivity index (χ0n) is 11.2. The minimum atomic E-state index is 0.243. The van der Waals surface area contributed by atoms with Crippen LogP contribution in [0, 0.1) is 20.8 Å². The topological polar surface area (TPSA) is 80.5 Å². The van der Waals surface area contributed by atoms with Crippen LogP contribution in [0.3, 0.4) is 0 Å². The third-order valence-electron chi connectivity index (χ3n) is 3.40. The molecule has 0 atom stereocenters. The van der Waals surface area contributed by atoms with Crippen molar-refractivity contribution in [2.75, 3.05) is 5.73 Å². The van der Waals surface area contributed by atoms with Gasteiger partial charge in [0.05, 0.1) is 6.33 Å². The number of imidazole rings is 1. The van der Waals surface area contributed by atoms with Gasteiger partial charge in [-0.05, 0) is 43.5 Å². The van der Waals surface area contributed by atoms with Crippen LogP contribution in [0.4, 0.5) is 5.95 Å². The van der Waals surface area contributed by atoms with Gasteiger partial charge in [-0.1, -0.05) is 6.07 Å². The van der Waals surface area contributed by atoms with Crippen molar-refractivity contribution in [1.82, 2.24) is 19.9 Å². The molecule has 0 unspecified atom stereocenters. The second-order valence-corrected chi connectivity index (χ2v) is 4.78. The number of nitrogens with two attached hydrogens (primary N) is 1. The van der Waals surface area contributed by atoms with Crippen LogP contribution in [-0.2, 0) is 0 Å². The molecule has 0 saturated carbocycles. The normalized spacial score (nSPS) is 11.1. The number of benzene rings is 1. The summed E-state index contributed by atoms with van der Waals surface area (Å²) in [5.74, 6) is 0.243. The molecule has 3 rings (SSSR count). The van der Waals surface area contributed by atoms with Crippen molar-refractivity contribution >= 4 is 17.1 Å². The van der Waals surface area contributed by atoms with E-state index in [9.17, 15) is 0 Å². The largest absolute Gasteiger partial charge is 0.368 e. The number of aromatic amines is 1. The van der Waals surface area contributed by atoms with Crippen molar-refractivity contribution in [1.29, 1.82) is 0 Å². The van der Waals surface area contributed by atoms with Crippen LogP contribution in [0.25, 0.3) is 22.4 Å². The summed E-state index contributed by atoms with van der Waals surface area (Å²) in [7, 11) is 0. The first-order valence-electron chi connectivity index (χ1n) is 6.11.